The summed E-state index contributed by atoms with van der Waals surface area (Å²) in [6, 6.07) is 0. The van der Waals surface area contributed by atoms with Gasteiger partial charge in [0.1, 0.15) is 0 Å². The normalized spacial score (nSPS) is 12.5. The highest BCUT2D eigenvalue weighted by Crippen LogP contribution is 2.13. The van der Waals surface area contributed by atoms with Gasteiger partial charge in [-0.25, -0.2) is 0 Å². The largest absolute Gasteiger partial charge is 0.381 e. The molecule has 0 N–H and O–H groups in total. The van der Waals surface area contributed by atoms with E-state index in [1.165, 1.54) is 89.9 Å². The minimum atomic E-state index is 0.658. The lowest BCUT2D eigenvalue weighted by Gasteiger charge is -2.14. The molecule has 0 fully saturated rings. The Morgan fingerprint density at radius 1 is 0.406 bits per heavy atom. The van der Waals surface area contributed by atoms with Crippen LogP contribution in [0.5, 0.6) is 0 Å². The van der Waals surface area contributed by atoms with Crippen molar-refractivity contribution in [3.8, 4) is 0 Å². The van der Waals surface area contributed by atoms with Crippen molar-refractivity contribution in [2.24, 2.45) is 5.92 Å². The first kappa shape index (κ1) is 31.8. The third-order valence-corrected chi connectivity index (χ3v) is 6.11. The molecule has 0 heterocycles. The molecular weight excluding hydrogens is 400 g/mol. The van der Waals surface area contributed by atoms with E-state index in [1.54, 1.807) is 0 Å². The van der Waals surface area contributed by atoms with Crippen LogP contribution in [0, 0.1) is 5.92 Å². The summed E-state index contributed by atoms with van der Waals surface area (Å²) in [5.41, 5.74) is 0. The Morgan fingerprint density at radius 2 is 0.812 bits per heavy atom. The summed E-state index contributed by atoms with van der Waals surface area (Å²) in [4.78, 5) is 0. The number of hydrogen-bond acceptors (Lipinski definition) is 4. The lowest BCUT2D eigenvalue weighted by molar-refractivity contribution is 0.00494. The molecule has 32 heavy (non-hydrogen) atoms. The predicted molar refractivity (Wildman–Crippen MR) is 138 cm³/mol. The Kier molecular flexibility index (Phi) is 28.7. The van der Waals surface area contributed by atoms with Gasteiger partial charge < -0.3 is 18.9 Å². The van der Waals surface area contributed by atoms with Gasteiger partial charge in [-0.15, -0.1) is 0 Å². The highest BCUT2D eigenvalue weighted by Gasteiger charge is 2.05. The second kappa shape index (κ2) is 28.9. The minimum Gasteiger partial charge on any atom is -0.381 e. The van der Waals surface area contributed by atoms with Gasteiger partial charge in [0, 0.05) is 26.4 Å². The molecule has 0 aliphatic heterocycles. The second-order valence-corrected chi connectivity index (χ2v) is 9.22. The Bertz CT molecular complexity index is 325. The van der Waals surface area contributed by atoms with E-state index in [1.807, 2.05) is 0 Å². The van der Waals surface area contributed by atoms with Crippen molar-refractivity contribution in [2.75, 3.05) is 52.9 Å². The zero-order chi connectivity index (χ0) is 23.4. The Balaban J connectivity index is 3.09. The standard InChI is InChI=1S/C28H58O4/c1-4-7-9-10-11-12-13-14-15-16-20-29-21-17-18-22-30-23-24-31-25-26-32-27-28(6-3)19-8-5-2/h28H,4-27H2,1-3H3. The molecular formula is C28H58O4. The maximum atomic E-state index is 5.74. The van der Waals surface area contributed by atoms with Crippen molar-refractivity contribution in [1.29, 1.82) is 0 Å². The molecule has 1 atom stereocenters. The van der Waals surface area contributed by atoms with Gasteiger partial charge in [0.2, 0.25) is 0 Å². The van der Waals surface area contributed by atoms with Gasteiger partial charge in [-0.2, -0.15) is 0 Å². The van der Waals surface area contributed by atoms with Gasteiger partial charge in [0.15, 0.2) is 0 Å². The second-order valence-electron chi connectivity index (χ2n) is 9.22. The molecule has 0 saturated carbocycles. The van der Waals surface area contributed by atoms with E-state index in [9.17, 15) is 0 Å². The van der Waals surface area contributed by atoms with Crippen LogP contribution in [0.4, 0.5) is 0 Å². The van der Waals surface area contributed by atoms with Crippen LogP contribution in [-0.2, 0) is 18.9 Å². The fraction of sp³-hybridized carbons (Fsp3) is 1.00. The molecule has 0 aliphatic rings. The molecule has 0 saturated heterocycles. The Morgan fingerprint density at radius 3 is 1.34 bits per heavy atom. The quantitative estimate of drug-likeness (QED) is 0.111. The van der Waals surface area contributed by atoms with Gasteiger partial charge >= 0.3 is 0 Å². The molecule has 0 spiro atoms. The maximum Gasteiger partial charge on any atom is 0.0701 e. The summed E-state index contributed by atoms with van der Waals surface area (Å²) in [6.45, 7) is 12.9. The maximum absolute atomic E-state index is 5.74. The first-order valence-corrected chi connectivity index (χ1v) is 14.2. The van der Waals surface area contributed by atoms with E-state index in [0.29, 0.717) is 32.3 Å². The minimum absolute atomic E-state index is 0.658. The van der Waals surface area contributed by atoms with Crippen molar-refractivity contribution in [2.45, 2.75) is 124 Å². The van der Waals surface area contributed by atoms with E-state index in [4.69, 9.17) is 18.9 Å². The summed E-state index contributed by atoms with van der Waals surface area (Å²) in [6.07, 6.45) is 21.0. The molecule has 0 aromatic carbocycles. The van der Waals surface area contributed by atoms with Crippen LogP contribution in [0.15, 0.2) is 0 Å². The van der Waals surface area contributed by atoms with Gasteiger partial charge in [0.25, 0.3) is 0 Å². The molecule has 194 valence electrons. The highest BCUT2D eigenvalue weighted by atomic mass is 16.5. The van der Waals surface area contributed by atoms with Crippen molar-refractivity contribution in [1.82, 2.24) is 0 Å². The fourth-order valence-electron chi connectivity index (χ4n) is 3.79. The molecule has 4 nitrogen and oxygen atoms in total. The van der Waals surface area contributed by atoms with Crippen molar-refractivity contribution < 1.29 is 18.9 Å². The third-order valence-electron chi connectivity index (χ3n) is 6.11. The predicted octanol–water partition coefficient (Wildman–Crippen LogP) is 7.97. The highest BCUT2D eigenvalue weighted by molar-refractivity contribution is 4.55. The van der Waals surface area contributed by atoms with Crippen LogP contribution in [0.1, 0.15) is 124 Å². The molecule has 1 unspecified atom stereocenters. The molecule has 0 bridgehead atoms. The average Bonchev–Trinajstić information content (AvgIpc) is 2.81. The number of unbranched alkanes of at least 4 members (excludes halogenated alkanes) is 11. The molecule has 0 aromatic rings. The van der Waals surface area contributed by atoms with Crippen molar-refractivity contribution >= 4 is 0 Å². The van der Waals surface area contributed by atoms with E-state index in [-0.39, 0.29) is 0 Å². The first-order chi connectivity index (χ1) is 15.8. The lowest BCUT2D eigenvalue weighted by Crippen LogP contribution is -2.14. The molecule has 0 amide bonds. The number of ether oxygens (including phenoxy) is 4. The topological polar surface area (TPSA) is 36.9 Å². The first-order valence-electron chi connectivity index (χ1n) is 14.2. The molecule has 0 radical (unpaired) electrons. The van der Waals surface area contributed by atoms with Crippen LogP contribution in [0.25, 0.3) is 0 Å². The summed E-state index contributed by atoms with van der Waals surface area (Å²) in [5.74, 6) is 0.706. The van der Waals surface area contributed by atoms with Crippen LogP contribution in [-0.4, -0.2) is 52.9 Å². The zero-order valence-electron chi connectivity index (χ0n) is 22.2. The number of rotatable bonds is 28. The fourth-order valence-corrected chi connectivity index (χ4v) is 3.79. The zero-order valence-corrected chi connectivity index (χ0v) is 22.2. The monoisotopic (exact) mass is 458 g/mol. The molecule has 4 heteroatoms. The molecule has 0 aliphatic carbocycles. The van der Waals surface area contributed by atoms with Crippen LogP contribution < -0.4 is 0 Å². The van der Waals surface area contributed by atoms with Crippen LogP contribution in [0.2, 0.25) is 0 Å². The van der Waals surface area contributed by atoms with Crippen molar-refractivity contribution in [3.63, 3.8) is 0 Å². The Labute approximate surface area is 201 Å². The van der Waals surface area contributed by atoms with Gasteiger partial charge in [-0.1, -0.05) is 97.8 Å². The summed E-state index contributed by atoms with van der Waals surface area (Å²) < 4.78 is 22.7. The number of hydrogen-bond donors (Lipinski definition) is 0. The van der Waals surface area contributed by atoms with Crippen LogP contribution in [0.3, 0.4) is 0 Å². The SMILES string of the molecule is CCCCCCCCCCCCOCCCCOCCOCCOCC(CC)CCCC. The summed E-state index contributed by atoms with van der Waals surface area (Å²) >= 11 is 0. The van der Waals surface area contributed by atoms with Gasteiger partial charge in [-0.05, 0) is 31.6 Å². The van der Waals surface area contributed by atoms with Gasteiger partial charge in [0.05, 0.1) is 26.4 Å². The van der Waals surface area contributed by atoms with E-state index in [2.05, 4.69) is 20.8 Å². The van der Waals surface area contributed by atoms with E-state index < -0.39 is 0 Å². The average molecular weight is 459 g/mol. The summed E-state index contributed by atoms with van der Waals surface area (Å²) in [5, 5.41) is 0. The molecule has 0 rings (SSSR count). The summed E-state index contributed by atoms with van der Waals surface area (Å²) in [7, 11) is 0. The van der Waals surface area contributed by atoms with Gasteiger partial charge in [-0.3, -0.25) is 0 Å². The van der Waals surface area contributed by atoms with E-state index in [0.717, 1.165) is 39.3 Å². The van der Waals surface area contributed by atoms with Crippen LogP contribution >= 0.6 is 0 Å². The third kappa shape index (κ3) is 26.1. The molecule has 0 aromatic heterocycles. The lowest BCUT2D eigenvalue weighted by atomic mass is 10.0. The van der Waals surface area contributed by atoms with E-state index >= 15 is 0 Å². The van der Waals surface area contributed by atoms with Crippen molar-refractivity contribution in [3.05, 3.63) is 0 Å². The Hall–Kier alpha value is -0.160. The smallest absolute Gasteiger partial charge is 0.0701 e.